The van der Waals surface area contributed by atoms with E-state index in [0.717, 1.165) is 56.8 Å². The second kappa shape index (κ2) is 10.1. The summed E-state index contributed by atoms with van der Waals surface area (Å²) in [5, 5.41) is 10.5. The Hall–Kier alpha value is -2.56. The number of piperazine rings is 1. The maximum absolute atomic E-state index is 10.5. The van der Waals surface area contributed by atoms with Crippen molar-refractivity contribution in [2.24, 2.45) is 0 Å². The summed E-state index contributed by atoms with van der Waals surface area (Å²) in [6.45, 7) is 10.2. The van der Waals surface area contributed by atoms with Gasteiger partial charge in [0.1, 0.15) is 32.7 Å². The third kappa shape index (κ3) is 5.47. The van der Waals surface area contributed by atoms with E-state index in [9.17, 15) is 5.11 Å². The number of aromatic hydroxyl groups is 1. The number of methoxy groups -OCH3 is 1. The molecule has 0 saturated carbocycles. The fraction of sp³-hybridized carbons (Fsp3) is 0.333. The van der Waals surface area contributed by atoms with E-state index >= 15 is 0 Å². The van der Waals surface area contributed by atoms with Gasteiger partial charge in [0.25, 0.3) is 0 Å². The molecule has 0 bridgehead atoms. The summed E-state index contributed by atoms with van der Waals surface area (Å²) in [7, 11) is 1.61. The van der Waals surface area contributed by atoms with Crippen LogP contribution in [0, 0.1) is 0 Å². The molecule has 28 heavy (non-hydrogen) atoms. The van der Waals surface area contributed by atoms with E-state index in [-0.39, 0.29) is 5.75 Å². The lowest BCUT2D eigenvalue weighted by Crippen LogP contribution is -3.27. The Kier molecular flexibility index (Phi) is 7.29. The predicted molar refractivity (Wildman–Crippen MR) is 114 cm³/mol. The number of phenolic OH excluding ortho intramolecular Hbond substituents is 1. The van der Waals surface area contributed by atoms with Gasteiger partial charge in [0, 0.05) is 0 Å². The number of phenols is 1. The number of ether oxygens (including phenoxy) is 1. The summed E-state index contributed by atoms with van der Waals surface area (Å²) in [5.41, 5.74) is 3.36. The highest BCUT2D eigenvalue weighted by Crippen LogP contribution is 2.31. The van der Waals surface area contributed by atoms with Crippen LogP contribution in [0.2, 0.25) is 0 Å². The quantitative estimate of drug-likeness (QED) is 0.601. The lowest BCUT2D eigenvalue weighted by Gasteiger charge is -2.29. The molecule has 3 N–H and O–H groups in total. The van der Waals surface area contributed by atoms with Crippen LogP contribution < -0.4 is 14.5 Å². The van der Waals surface area contributed by atoms with Crippen LogP contribution in [-0.4, -0.2) is 44.9 Å². The van der Waals surface area contributed by atoms with Gasteiger partial charge >= 0.3 is 0 Å². The Balaban J connectivity index is 1.53. The van der Waals surface area contributed by atoms with Gasteiger partial charge in [0.15, 0.2) is 11.5 Å². The summed E-state index contributed by atoms with van der Waals surface area (Å²) < 4.78 is 5.35. The number of allylic oxidation sites excluding steroid dienone is 1. The molecule has 1 aliphatic heterocycles. The first-order chi connectivity index (χ1) is 13.7. The Morgan fingerprint density at radius 1 is 1.07 bits per heavy atom. The molecule has 2 aromatic rings. The summed E-state index contributed by atoms with van der Waals surface area (Å²) in [4.78, 5) is 3.14. The highest BCUT2D eigenvalue weighted by molar-refractivity contribution is 5.49. The Labute approximate surface area is 168 Å². The topological polar surface area (TPSA) is 38.3 Å². The van der Waals surface area contributed by atoms with Crippen molar-refractivity contribution in [3.05, 3.63) is 77.9 Å². The standard InChI is InChI=1S/C24H30N2O2/c1-3-8-21-17-22(24(27)23(18-21)28-2)19-26-15-13-25(14-16-26)12-7-11-20-9-5-4-6-10-20/h3-7,9-11,17-18,27H,1,8,12-16,19H2,2H3/p+2/b11-7+. The van der Waals surface area contributed by atoms with E-state index in [1.54, 1.807) is 12.0 Å². The number of quaternary nitrogens is 2. The van der Waals surface area contributed by atoms with Crippen LogP contribution >= 0.6 is 0 Å². The van der Waals surface area contributed by atoms with Crippen LogP contribution in [0.15, 0.2) is 61.2 Å². The summed E-state index contributed by atoms with van der Waals surface area (Å²) >= 11 is 0. The smallest absolute Gasteiger partial charge is 0.166 e. The second-order valence-electron chi connectivity index (χ2n) is 7.49. The van der Waals surface area contributed by atoms with Gasteiger partial charge in [-0.25, -0.2) is 0 Å². The Morgan fingerprint density at radius 3 is 2.46 bits per heavy atom. The number of hydrogen-bond donors (Lipinski definition) is 3. The number of hydrogen-bond acceptors (Lipinski definition) is 2. The summed E-state index contributed by atoms with van der Waals surface area (Å²) in [6.07, 6.45) is 7.16. The van der Waals surface area contributed by atoms with Gasteiger partial charge in [0.05, 0.1) is 19.2 Å². The van der Waals surface area contributed by atoms with Crippen molar-refractivity contribution in [2.45, 2.75) is 13.0 Å². The number of rotatable bonds is 8. The molecular formula is C24H32N2O2+2. The molecule has 0 aliphatic carbocycles. The molecule has 0 aromatic heterocycles. The van der Waals surface area contributed by atoms with Crippen molar-refractivity contribution in [3.63, 3.8) is 0 Å². The van der Waals surface area contributed by atoms with Crippen molar-refractivity contribution in [2.75, 3.05) is 39.8 Å². The van der Waals surface area contributed by atoms with Gasteiger partial charge in [-0.1, -0.05) is 42.5 Å². The fourth-order valence-electron chi connectivity index (χ4n) is 3.84. The number of nitrogens with one attached hydrogen (secondary N) is 2. The minimum Gasteiger partial charge on any atom is -0.504 e. The first kappa shape index (κ1) is 20.2. The molecule has 148 valence electrons. The summed E-state index contributed by atoms with van der Waals surface area (Å²) in [6, 6.07) is 14.5. The van der Waals surface area contributed by atoms with Gasteiger partial charge in [-0.3, -0.25) is 0 Å². The Bertz CT molecular complexity index is 794. The van der Waals surface area contributed by atoms with E-state index in [4.69, 9.17) is 4.74 Å². The zero-order chi connectivity index (χ0) is 19.8. The van der Waals surface area contributed by atoms with E-state index in [0.29, 0.717) is 5.75 Å². The molecule has 0 radical (unpaired) electrons. The molecule has 1 aliphatic rings. The first-order valence-corrected chi connectivity index (χ1v) is 10.1. The van der Waals surface area contributed by atoms with Gasteiger partial charge in [-0.2, -0.15) is 0 Å². The largest absolute Gasteiger partial charge is 0.504 e. The highest BCUT2D eigenvalue weighted by Gasteiger charge is 2.24. The molecule has 1 heterocycles. The predicted octanol–water partition coefficient (Wildman–Crippen LogP) is 1.13. The van der Waals surface area contributed by atoms with Crippen molar-refractivity contribution < 1.29 is 19.6 Å². The average Bonchev–Trinajstić information content (AvgIpc) is 2.72. The molecule has 1 saturated heterocycles. The number of benzene rings is 2. The van der Waals surface area contributed by atoms with Crippen LogP contribution in [0.1, 0.15) is 16.7 Å². The van der Waals surface area contributed by atoms with Crippen molar-refractivity contribution in [1.82, 2.24) is 0 Å². The van der Waals surface area contributed by atoms with Crippen molar-refractivity contribution in [3.8, 4) is 11.5 Å². The lowest BCUT2D eigenvalue weighted by atomic mass is 10.0. The average molecular weight is 381 g/mol. The summed E-state index contributed by atoms with van der Waals surface area (Å²) in [5.74, 6) is 0.840. The highest BCUT2D eigenvalue weighted by atomic mass is 16.5. The molecule has 0 amide bonds. The zero-order valence-electron chi connectivity index (χ0n) is 16.8. The van der Waals surface area contributed by atoms with E-state index in [2.05, 4.69) is 49.1 Å². The molecule has 3 rings (SSSR count). The van der Waals surface area contributed by atoms with Crippen LogP contribution in [-0.2, 0) is 13.0 Å². The van der Waals surface area contributed by atoms with Crippen LogP contribution in [0.3, 0.4) is 0 Å². The molecule has 2 aromatic carbocycles. The molecule has 0 atom stereocenters. The van der Waals surface area contributed by atoms with Crippen LogP contribution in [0.25, 0.3) is 6.08 Å². The van der Waals surface area contributed by atoms with Crippen LogP contribution in [0.5, 0.6) is 11.5 Å². The SMILES string of the molecule is C=CCc1cc(C[NH+]2CC[NH+](C/C=C/c3ccccc3)CC2)c(O)c(OC)c1. The normalized spacial score (nSPS) is 19.6. The maximum atomic E-state index is 10.5. The minimum atomic E-state index is 0.281. The minimum absolute atomic E-state index is 0.281. The van der Waals surface area contributed by atoms with E-state index < -0.39 is 0 Å². The monoisotopic (exact) mass is 380 g/mol. The van der Waals surface area contributed by atoms with E-state index in [1.807, 2.05) is 18.2 Å². The van der Waals surface area contributed by atoms with Crippen molar-refractivity contribution >= 4 is 6.08 Å². The molecule has 0 spiro atoms. The molecule has 1 fully saturated rings. The third-order valence-corrected chi connectivity index (χ3v) is 5.43. The van der Waals surface area contributed by atoms with Crippen molar-refractivity contribution in [1.29, 1.82) is 0 Å². The molecule has 4 heteroatoms. The fourth-order valence-corrected chi connectivity index (χ4v) is 3.84. The van der Waals surface area contributed by atoms with Gasteiger partial charge in [-0.15, -0.1) is 6.58 Å². The lowest BCUT2D eigenvalue weighted by molar-refractivity contribution is -1.02. The Morgan fingerprint density at radius 2 is 1.79 bits per heavy atom. The van der Waals surface area contributed by atoms with Gasteiger partial charge < -0.3 is 19.6 Å². The van der Waals surface area contributed by atoms with Crippen LogP contribution in [0.4, 0.5) is 0 Å². The van der Waals surface area contributed by atoms with E-state index in [1.165, 1.54) is 10.5 Å². The van der Waals surface area contributed by atoms with Gasteiger partial charge in [0.2, 0.25) is 0 Å². The third-order valence-electron chi connectivity index (χ3n) is 5.43. The first-order valence-electron chi connectivity index (χ1n) is 10.1. The zero-order valence-corrected chi connectivity index (χ0v) is 16.8. The molecule has 0 unspecified atom stereocenters. The van der Waals surface area contributed by atoms with Gasteiger partial charge in [-0.05, 0) is 35.8 Å². The maximum Gasteiger partial charge on any atom is 0.166 e. The molecule has 4 nitrogen and oxygen atoms in total. The molecular weight excluding hydrogens is 348 g/mol. The second-order valence-corrected chi connectivity index (χ2v) is 7.49.